The van der Waals surface area contributed by atoms with E-state index in [0.29, 0.717) is 6.42 Å². The molecule has 0 aromatic carbocycles. The zero-order valence-corrected chi connectivity index (χ0v) is 9.82. The standard InChI is InChI=1S/C13H16O3/c1-8-5-4-6-13(2)10(14)7-9(16-3)12(15)11(8)13/h4-5,7-8,11H,6H2,1-3H3/t8?,11?,13-/m0/s1. The molecule has 3 heteroatoms. The quantitative estimate of drug-likeness (QED) is 0.634. The summed E-state index contributed by atoms with van der Waals surface area (Å²) in [6, 6.07) is 0. The number of carbonyl (C=O) groups is 2. The molecule has 3 nitrogen and oxygen atoms in total. The zero-order chi connectivity index (χ0) is 11.9. The first-order chi connectivity index (χ1) is 7.50. The summed E-state index contributed by atoms with van der Waals surface area (Å²) >= 11 is 0. The van der Waals surface area contributed by atoms with Gasteiger partial charge in [-0.15, -0.1) is 0 Å². The molecule has 3 atom stereocenters. The van der Waals surface area contributed by atoms with Crippen LogP contribution in [0.3, 0.4) is 0 Å². The molecule has 0 saturated heterocycles. The van der Waals surface area contributed by atoms with Crippen molar-refractivity contribution in [2.45, 2.75) is 20.3 Å². The van der Waals surface area contributed by atoms with Crippen molar-refractivity contribution in [3.8, 4) is 0 Å². The molecule has 2 aliphatic rings. The van der Waals surface area contributed by atoms with E-state index in [0.717, 1.165) is 0 Å². The number of hydrogen-bond donors (Lipinski definition) is 0. The molecule has 86 valence electrons. The van der Waals surface area contributed by atoms with Crippen LogP contribution in [0.1, 0.15) is 20.3 Å². The lowest BCUT2D eigenvalue weighted by Gasteiger charge is -2.42. The third kappa shape index (κ3) is 1.34. The number of methoxy groups -OCH3 is 1. The van der Waals surface area contributed by atoms with Crippen LogP contribution < -0.4 is 0 Å². The van der Waals surface area contributed by atoms with E-state index in [9.17, 15) is 9.59 Å². The fourth-order valence-electron chi connectivity index (χ4n) is 2.80. The van der Waals surface area contributed by atoms with Gasteiger partial charge in [0.25, 0.3) is 0 Å². The van der Waals surface area contributed by atoms with Gasteiger partial charge in [-0.25, -0.2) is 0 Å². The van der Waals surface area contributed by atoms with Gasteiger partial charge >= 0.3 is 0 Å². The van der Waals surface area contributed by atoms with Crippen molar-refractivity contribution in [1.29, 1.82) is 0 Å². The summed E-state index contributed by atoms with van der Waals surface area (Å²) in [6.07, 6.45) is 6.00. The lowest BCUT2D eigenvalue weighted by atomic mass is 9.59. The number of Topliss-reactive ketones (excluding diaryl/α,β-unsaturated/α-hetero) is 1. The first-order valence-electron chi connectivity index (χ1n) is 5.51. The first kappa shape index (κ1) is 11.1. The van der Waals surface area contributed by atoms with Crippen molar-refractivity contribution >= 4 is 11.6 Å². The molecule has 0 saturated carbocycles. The van der Waals surface area contributed by atoms with E-state index >= 15 is 0 Å². The molecule has 0 amide bonds. The minimum Gasteiger partial charge on any atom is -0.493 e. The van der Waals surface area contributed by atoms with Gasteiger partial charge in [0, 0.05) is 17.4 Å². The second-order valence-electron chi connectivity index (χ2n) is 4.83. The Kier molecular flexibility index (Phi) is 2.49. The topological polar surface area (TPSA) is 43.4 Å². The monoisotopic (exact) mass is 220 g/mol. The molecule has 0 aromatic heterocycles. The van der Waals surface area contributed by atoms with Crippen molar-refractivity contribution in [2.75, 3.05) is 7.11 Å². The molecule has 2 unspecified atom stereocenters. The largest absolute Gasteiger partial charge is 0.493 e. The van der Waals surface area contributed by atoms with E-state index in [4.69, 9.17) is 4.74 Å². The third-order valence-electron chi connectivity index (χ3n) is 3.76. The normalized spacial score (nSPS) is 38.1. The number of ether oxygens (including phenoxy) is 1. The van der Waals surface area contributed by atoms with Gasteiger partial charge in [0.2, 0.25) is 5.78 Å². The molecular weight excluding hydrogens is 204 g/mol. The average molecular weight is 220 g/mol. The third-order valence-corrected chi connectivity index (χ3v) is 3.76. The van der Waals surface area contributed by atoms with E-state index in [1.165, 1.54) is 13.2 Å². The molecule has 0 radical (unpaired) electrons. The fourth-order valence-corrected chi connectivity index (χ4v) is 2.80. The summed E-state index contributed by atoms with van der Waals surface area (Å²) in [5.41, 5.74) is -0.576. The maximum Gasteiger partial charge on any atom is 0.202 e. The van der Waals surface area contributed by atoms with E-state index in [1.54, 1.807) is 0 Å². The molecule has 0 aromatic rings. The molecule has 0 aliphatic heterocycles. The van der Waals surface area contributed by atoms with Gasteiger partial charge in [-0.3, -0.25) is 9.59 Å². The lowest BCUT2D eigenvalue weighted by molar-refractivity contribution is -0.140. The van der Waals surface area contributed by atoms with Crippen molar-refractivity contribution < 1.29 is 14.3 Å². The number of hydrogen-bond acceptors (Lipinski definition) is 3. The predicted octanol–water partition coefficient (Wildman–Crippen LogP) is 1.89. The second-order valence-corrected chi connectivity index (χ2v) is 4.83. The molecule has 2 rings (SSSR count). The van der Waals surface area contributed by atoms with Gasteiger partial charge in [0.05, 0.1) is 7.11 Å². The number of fused-ring (bicyclic) bond motifs is 1. The number of carbonyl (C=O) groups excluding carboxylic acids is 2. The highest BCUT2D eigenvalue weighted by Crippen LogP contribution is 2.46. The second kappa shape index (κ2) is 3.58. The summed E-state index contributed by atoms with van der Waals surface area (Å²) in [5.74, 6) is -0.0137. The van der Waals surface area contributed by atoms with Crippen molar-refractivity contribution in [2.24, 2.45) is 17.3 Å². The van der Waals surface area contributed by atoms with Crippen LogP contribution in [0.25, 0.3) is 0 Å². The van der Waals surface area contributed by atoms with Crippen LogP contribution in [-0.2, 0) is 14.3 Å². The summed E-state index contributed by atoms with van der Waals surface area (Å²) < 4.78 is 4.98. The van der Waals surface area contributed by atoms with Crippen LogP contribution in [0.4, 0.5) is 0 Å². The maximum absolute atomic E-state index is 12.2. The Labute approximate surface area is 95.2 Å². The molecule has 2 aliphatic carbocycles. The highest BCUT2D eigenvalue weighted by atomic mass is 16.5. The molecule has 0 spiro atoms. The Bertz CT molecular complexity index is 405. The van der Waals surface area contributed by atoms with Gasteiger partial charge in [-0.2, -0.15) is 0 Å². The fraction of sp³-hybridized carbons (Fsp3) is 0.538. The van der Waals surface area contributed by atoms with Crippen molar-refractivity contribution in [3.63, 3.8) is 0 Å². The zero-order valence-electron chi connectivity index (χ0n) is 9.82. The van der Waals surface area contributed by atoms with Crippen LogP contribution in [0.15, 0.2) is 24.0 Å². The highest BCUT2D eigenvalue weighted by Gasteiger charge is 2.51. The minimum atomic E-state index is -0.576. The van der Waals surface area contributed by atoms with E-state index in [2.05, 4.69) is 0 Å². The van der Waals surface area contributed by atoms with Gasteiger partial charge in [-0.1, -0.05) is 26.0 Å². The molecule has 0 N–H and O–H groups in total. The summed E-state index contributed by atoms with van der Waals surface area (Å²) in [5, 5.41) is 0. The summed E-state index contributed by atoms with van der Waals surface area (Å²) in [4.78, 5) is 24.2. The molecule has 0 fully saturated rings. The van der Waals surface area contributed by atoms with Crippen LogP contribution in [0.5, 0.6) is 0 Å². The van der Waals surface area contributed by atoms with Crippen LogP contribution in [0.2, 0.25) is 0 Å². The minimum absolute atomic E-state index is 0.00477. The summed E-state index contributed by atoms with van der Waals surface area (Å²) in [7, 11) is 1.43. The molecule has 0 bridgehead atoms. The number of rotatable bonds is 1. The number of ketones is 2. The van der Waals surface area contributed by atoms with E-state index < -0.39 is 5.41 Å². The Morgan fingerprint density at radius 3 is 2.75 bits per heavy atom. The smallest absolute Gasteiger partial charge is 0.202 e. The SMILES string of the molecule is COC1=CC(=O)[C@]2(C)CC=CC(C)C2C1=O. The Hall–Kier alpha value is -1.38. The maximum atomic E-state index is 12.2. The first-order valence-corrected chi connectivity index (χ1v) is 5.51. The van der Waals surface area contributed by atoms with Crippen LogP contribution in [-0.4, -0.2) is 18.7 Å². The van der Waals surface area contributed by atoms with Crippen molar-refractivity contribution in [1.82, 2.24) is 0 Å². The van der Waals surface area contributed by atoms with Gasteiger partial charge in [0.15, 0.2) is 11.5 Å². The van der Waals surface area contributed by atoms with Gasteiger partial charge < -0.3 is 4.74 Å². The molecule has 0 heterocycles. The van der Waals surface area contributed by atoms with E-state index in [1.807, 2.05) is 26.0 Å². The highest BCUT2D eigenvalue weighted by molar-refractivity contribution is 6.11. The van der Waals surface area contributed by atoms with Crippen LogP contribution >= 0.6 is 0 Å². The van der Waals surface area contributed by atoms with Crippen molar-refractivity contribution in [3.05, 3.63) is 24.0 Å². The Morgan fingerprint density at radius 1 is 1.44 bits per heavy atom. The number of allylic oxidation sites excluding steroid dienone is 4. The predicted molar refractivity (Wildman–Crippen MR) is 59.6 cm³/mol. The van der Waals surface area contributed by atoms with Crippen LogP contribution in [0, 0.1) is 17.3 Å². The average Bonchev–Trinajstić information content (AvgIpc) is 2.23. The van der Waals surface area contributed by atoms with Gasteiger partial charge in [0.1, 0.15) is 0 Å². The summed E-state index contributed by atoms with van der Waals surface area (Å²) in [6.45, 7) is 3.85. The van der Waals surface area contributed by atoms with E-state index in [-0.39, 0.29) is 29.2 Å². The molecule has 16 heavy (non-hydrogen) atoms. The Morgan fingerprint density at radius 2 is 2.12 bits per heavy atom. The lowest BCUT2D eigenvalue weighted by Crippen LogP contribution is -2.47. The van der Waals surface area contributed by atoms with Gasteiger partial charge in [-0.05, 0) is 12.3 Å². The molecular formula is C13H16O3. The Balaban J connectivity index is 2.51.